The van der Waals surface area contributed by atoms with Gasteiger partial charge in [-0.1, -0.05) is 48.0 Å². The predicted molar refractivity (Wildman–Crippen MR) is 82.1 cm³/mol. The molecule has 2 heteroatoms. The SMILES string of the molecule is Cc1cccc(CCC(=O)c2c[nH]c3ccccc23)c1. The smallest absolute Gasteiger partial charge is 0.165 e. The molecular weight excluding hydrogens is 246 g/mol. The second-order valence-electron chi connectivity index (χ2n) is 5.16. The minimum Gasteiger partial charge on any atom is -0.360 e. The number of rotatable bonds is 4. The molecule has 0 fully saturated rings. The maximum atomic E-state index is 12.4. The number of fused-ring (bicyclic) bond motifs is 1. The lowest BCUT2D eigenvalue weighted by Crippen LogP contribution is -2.00. The van der Waals surface area contributed by atoms with Gasteiger partial charge >= 0.3 is 0 Å². The van der Waals surface area contributed by atoms with E-state index in [9.17, 15) is 4.79 Å². The molecular formula is C18H17NO. The number of aromatic nitrogens is 1. The van der Waals surface area contributed by atoms with E-state index in [4.69, 9.17) is 0 Å². The first-order chi connectivity index (χ1) is 9.74. The summed E-state index contributed by atoms with van der Waals surface area (Å²) in [4.78, 5) is 15.5. The maximum absolute atomic E-state index is 12.4. The van der Waals surface area contributed by atoms with E-state index in [0.717, 1.165) is 22.9 Å². The Bertz CT molecular complexity index is 755. The van der Waals surface area contributed by atoms with Crippen LogP contribution >= 0.6 is 0 Å². The summed E-state index contributed by atoms with van der Waals surface area (Å²) in [5.74, 6) is 0.198. The minimum absolute atomic E-state index is 0.198. The highest BCUT2D eigenvalue weighted by Crippen LogP contribution is 2.20. The van der Waals surface area contributed by atoms with E-state index in [0.29, 0.717) is 6.42 Å². The molecule has 0 bridgehead atoms. The number of nitrogens with one attached hydrogen (secondary N) is 1. The van der Waals surface area contributed by atoms with Crippen molar-refractivity contribution in [1.82, 2.24) is 4.98 Å². The number of hydrogen-bond donors (Lipinski definition) is 1. The van der Waals surface area contributed by atoms with Crippen LogP contribution in [0.1, 0.15) is 27.9 Å². The molecule has 0 aliphatic heterocycles. The summed E-state index contributed by atoms with van der Waals surface area (Å²) in [6, 6.07) is 16.3. The molecule has 0 saturated heterocycles. The molecule has 0 radical (unpaired) electrons. The first kappa shape index (κ1) is 12.7. The van der Waals surface area contributed by atoms with E-state index >= 15 is 0 Å². The van der Waals surface area contributed by atoms with Gasteiger partial charge in [-0.2, -0.15) is 0 Å². The van der Waals surface area contributed by atoms with Gasteiger partial charge in [-0.25, -0.2) is 0 Å². The molecule has 0 saturated carbocycles. The van der Waals surface area contributed by atoms with Gasteiger partial charge in [-0.3, -0.25) is 4.79 Å². The van der Waals surface area contributed by atoms with Gasteiger partial charge in [0.1, 0.15) is 0 Å². The van der Waals surface area contributed by atoms with E-state index in [-0.39, 0.29) is 5.78 Å². The Kier molecular flexibility index (Phi) is 3.38. The third kappa shape index (κ3) is 2.50. The highest BCUT2D eigenvalue weighted by atomic mass is 16.1. The van der Waals surface area contributed by atoms with Crippen molar-refractivity contribution in [2.45, 2.75) is 19.8 Å². The number of para-hydroxylation sites is 1. The second kappa shape index (κ2) is 5.33. The number of ketones is 1. The zero-order valence-corrected chi connectivity index (χ0v) is 11.5. The zero-order valence-electron chi connectivity index (χ0n) is 11.5. The topological polar surface area (TPSA) is 32.9 Å². The van der Waals surface area contributed by atoms with Gasteiger partial charge in [0.25, 0.3) is 0 Å². The van der Waals surface area contributed by atoms with Crippen molar-refractivity contribution in [1.29, 1.82) is 0 Å². The van der Waals surface area contributed by atoms with E-state index in [1.807, 2.05) is 36.5 Å². The molecule has 100 valence electrons. The second-order valence-corrected chi connectivity index (χ2v) is 5.16. The predicted octanol–water partition coefficient (Wildman–Crippen LogP) is 4.29. The van der Waals surface area contributed by atoms with Crippen LogP contribution in [-0.4, -0.2) is 10.8 Å². The first-order valence-electron chi connectivity index (χ1n) is 6.89. The zero-order chi connectivity index (χ0) is 13.9. The van der Waals surface area contributed by atoms with E-state index in [1.165, 1.54) is 11.1 Å². The molecule has 0 spiro atoms. The Labute approximate surface area is 118 Å². The molecule has 0 aliphatic carbocycles. The number of aromatic amines is 1. The van der Waals surface area contributed by atoms with E-state index in [1.54, 1.807) is 0 Å². The molecule has 2 nitrogen and oxygen atoms in total. The van der Waals surface area contributed by atoms with Crippen LogP contribution in [0.4, 0.5) is 0 Å². The van der Waals surface area contributed by atoms with Gasteiger partial charge in [-0.15, -0.1) is 0 Å². The van der Waals surface area contributed by atoms with Crippen molar-refractivity contribution in [2.24, 2.45) is 0 Å². The van der Waals surface area contributed by atoms with Crippen LogP contribution in [0.5, 0.6) is 0 Å². The van der Waals surface area contributed by atoms with Crippen molar-refractivity contribution < 1.29 is 4.79 Å². The van der Waals surface area contributed by atoms with Crippen LogP contribution < -0.4 is 0 Å². The van der Waals surface area contributed by atoms with E-state index < -0.39 is 0 Å². The van der Waals surface area contributed by atoms with Crippen molar-refractivity contribution in [3.05, 3.63) is 71.4 Å². The van der Waals surface area contributed by atoms with Crippen LogP contribution in [0.3, 0.4) is 0 Å². The lowest BCUT2D eigenvalue weighted by molar-refractivity contribution is 0.0984. The van der Waals surface area contributed by atoms with Gasteiger partial charge in [0, 0.05) is 29.1 Å². The summed E-state index contributed by atoms with van der Waals surface area (Å²) in [6.45, 7) is 2.07. The van der Waals surface area contributed by atoms with Crippen LogP contribution in [0.2, 0.25) is 0 Å². The van der Waals surface area contributed by atoms with Gasteiger partial charge in [0.2, 0.25) is 0 Å². The van der Waals surface area contributed by atoms with Crippen molar-refractivity contribution >= 4 is 16.7 Å². The Morgan fingerprint density at radius 3 is 2.80 bits per heavy atom. The quantitative estimate of drug-likeness (QED) is 0.700. The van der Waals surface area contributed by atoms with Crippen molar-refractivity contribution in [2.75, 3.05) is 0 Å². The van der Waals surface area contributed by atoms with Gasteiger partial charge in [-0.05, 0) is 25.0 Å². The minimum atomic E-state index is 0.198. The third-order valence-corrected chi connectivity index (χ3v) is 3.61. The molecule has 1 aromatic heterocycles. The van der Waals surface area contributed by atoms with Crippen molar-refractivity contribution in [3.63, 3.8) is 0 Å². The Balaban J connectivity index is 1.76. The molecule has 0 unspecified atom stereocenters. The highest BCUT2D eigenvalue weighted by Gasteiger charge is 2.11. The monoisotopic (exact) mass is 263 g/mol. The normalized spacial score (nSPS) is 10.8. The molecule has 2 aromatic carbocycles. The molecule has 3 aromatic rings. The Morgan fingerprint density at radius 1 is 1.10 bits per heavy atom. The van der Waals surface area contributed by atoms with Crippen LogP contribution in [0.15, 0.2) is 54.7 Å². The summed E-state index contributed by atoms with van der Waals surface area (Å²) in [5, 5.41) is 1.02. The third-order valence-electron chi connectivity index (χ3n) is 3.61. The standard InChI is InChI=1S/C18H17NO/c1-13-5-4-6-14(11-13)9-10-18(20)16-12-19-17-8-3-2-7-15(16)17/h2-8,11-12,19H,9-10H2,1H3. The van der Waals surface area contributed by atoms with Gasteiger partial charge < -0.3 is 4.98 Å². The number of benzene rings is 2. The average Bonchev–Trinajstić information content (AvgIpc) is 2.89. The summed E-state index contributed by atoms with van der Waals surface area (Å²) in [6.07, 6.45) is 3.16. The van der Waals surface area contributed by atoms with Gasteiger partial charge in [0.05, 0.1) is 0 Å². The number of H-pyrrole nitrogens is 1. The van der Waals surface area contributed by atoms with Crippen molar-refractivity contribution in [3.8, 4) is 0 Å². The lowest BCUT2D eigenvalue weighted by atomic mass is 10.0. The fraction of sp³-hybridized carbons (Fsp3) is 0.167. The molecule has 0 atom stereocenters. The molecule has 1 heterocycles. The molecule has 3 rings (SSSR count). The van der Waals surface area contributed by atoms with E-state index in [2.05, 4.69) is 30.1 Å². The average molecular weight is 263 g/mol. The maximum Gasteiger partial charge on any atom is 0.165 e. The number of carbonyl (C=O) groups is 1. The largest absolute Gasteiger partial charge is 0.360 e. The first-order valence-corrected chi connectivity index (χ1v) is 6.89. The van der Waals surface area contributed by atoms with Crippen LogP contribution in [-0.2, 0) is 6.42 Å². The summed E-state index contributed by atoms with van der Waals surface area (Å²) in [5.41, 5.74) is 4.28. The summed E-state index contributed by atoms with van der Waals surface area (Å²) < 4.78 is 0. The number of hydrogen-bond acceptors (Lipinski definition) is 1. The Morgan fingerprint density at radius 2 is 1.95 bits per heavy atom. The van der Waals surface area contributed by atoms with Crippen LogP contribution in [0.25, 0.3) is 10.9 Å². The number of Topliss-reactive ketones (excluding diaryl/α,β-unsaturated/α-hetero) is 1. The highest BCUT2D eigenvalue weighted by molar-refractivity contribution is 6.07. The molecule has 0 aliphatic rings. The molecule has 20 heavy (non-hydrogen) atoms. The fourth-order valence-electron chi connectivity index (χ4n) is 2.56. The number of aryl methyl sites for hydroxylation is 2. The van der Waals surface area contributed by atoms with Gasteiger partial charge in [0.15, 0.2) is 5.78 Å². The lowest BCUT2D eigenvalue weighted by Gasteiger charge is -2.02. The number of carbonyl (C=O) groups excluding carboxylic acids is 1. The summed E-state index contributed by atoms with van der Waals surface area (Å²) in [7, 11) is 0. The molecule has 1 N–H and O–H groups in total. The molecule has 0 amide bonds. The fourth-order valence-corrected chi connectivity index (χ4v) is 2.56. The summed E-state index contributed by atoms with van der Waals surface area (Å²) >= 11 is 0. The van der Waals surface area contributed by atoms with Crippen LogP contribution in [0, 0.1) is 6.92 Å². The Hall–Kier alpha value is -2.35.